The third kappa shape index (κ3) is 2.17. The predicted molar refractivity (Wildman–Crippen MR) is 52.8 cm³/mol. The highest BCUT2D eigenvalue weighted by atomic mass is 35.5. The highest BCUT2D eigenvalue weighted by Gasteiger charge is 1.98. The van der Waals surface area contributed by atoms with E-state index in [1.54, 1.807) is 18.2 Å². The molecule has 0 fully saturated rings. The average molecular weight is 214 g/mol. The van der Waals surface area contributed by atoms with Crippen molar-refractivity contribution in [2.75, 3.05) is 0 Å². The van der Waals surface area contributed by atoms with Gasteiger partial charge < -0.3 is 0 Å². The second kappa shape index (κ2) is 4.24. The van der Waals surface area contributed by atoms with Gasteiger partial charge in [0, 0.05) is 0 Å². The number of hydrogen-bond acceptors (Lipinski definition) is 0. The van der Waals surface area contributed by atoms with E-state index in [0.29, 0.717) is 15.1 Å². The van der Waals surface area contributed by atoms with Crippen molar-refractivity contribution < 1.29 is 0 Å². The lowest BCUT2D eigenvalue weighted by Gasteiger charge is -1.94. The summed E-state index contributed by atoms with van der Waals surface area (Å²) in [4.78, 5) is 0. The first kappa shape index (κ1) is 10.3. The topological polar surface area (TPSA) is 0 Å². The van der Waals surface area contributed by atoms with Crippen LogP contribution in [0.5, 0.6) is 0 Å². The van der Waals surface area contributed by atoms with Gasteiger partial charge in [0.25, 0.3) is 0 Å². The monoisotopic (exact) mass is 212 g/mol. The molecule has 10 heavy (non-hydrogen) atoms. The Morgan fingerprint density at radius 1 is 0.900 bits per heavy atom. The highest BCUT2D eigenvalue weighted by molar-refractivity contribution is 6.47. The van der Waals surface area contributed by atoms with E-state index in [-0.39, 0.29) is 11.0 Å². The van der Waals surface area contributed by atoms with Crippen LogP contribution in [0.2, 0.25) is 15.1 Å². The Labute approximate surface area is 79.1 Å². The van der Waals surface area contributed by atoms with E-state index in [1.807, 2.05) is 0 Å². The molecule has 0 saturated carbocycles. The Morgan fingerprint density at radius 2 is 1.30 bits per heavy atom. The quantitative estimate of drug-likeness (QED) is 0.458. The summed E-state index contributed by atoms with van der Waals surface area (Å²) in [5, 5.41) is 1.40. The summed E-state index contributed by atoms with van der Waals surface area (Å²) in [6, 6.07) is 5.13. The summed E-state index contributed by atoms with van der Waals surface area (Å²) in [7, 11) is 0. The lowest BCUT2D eigenvalue weighted by Crippen LogP contribution is -1.67. The zero-order valence-corrected chi connectivity index (χ0v) is 6.63. The van der Waals surface area contributed by atoms with Crippen LogP contribution >= 0.6 is 34.8 Å². The van der Waals surface area contributed by atoms with Gasteiger partial charge >= 0.3 is 0 Å². The van der Waals surface area contributed by atoms with Crippen LogP contribution in [0, 0.1) is 0 Å². The first-order valence-electron chi connectivity index (χ1n) is 2.31. The molecular formula is C6H7Cl3Si. The van der Waals surface area contributed by atoms with Gasteiger partial charge in [-0.2, -0.15) is 0 Å². The molecule has 0 aliphatic rings. The largest absolute Gasteiger partial charge is 0.0827 e. The zero-order valence-electron chi connectivity index (χ0n) is 4.37. The van der Waals surface area contributed by atoms with Crippen molar-refractivity contribution in [3.63, 3.8) is 0 Å². The van der Waals surface area contributed by atoms with Crippen LogP contribution in [-0.2, 0) is 0 Å². The molecule has 0 aromatic heterocycles. The lowest BCUT2D eigenvalue weighted by molar-refractivity contribution is 1.70. The fourth-order valence-electron chi connectivity index (χ4n) is 0.477. The maximum absolute atomic E-state index is 5.61. The molecule has 1 rings (SSSR count). The predicted octanol–water partition coefficient (Wildman–Crippen LogP) is 2.20. The fourth-order valence-corrected chi connectivity index (χ4v) is 1.00. The van der Waals surface area contributed by atoms with Crippen LogP contribution in [0.4, 0.5) is 0 Å². The molecule has 0 amide bonds. The van der Waals surface area contributed by atoms with Crippen molar-refractivity contribution in [2.45, 2.75) is 0 Å². The number of benzene rings is 1. The van der Waals surface area contributed by atoms with Gasteiger partial charge in [-0.1, -0.05) is 40.9 Å². The summed E-state index contributed by atoms with van der Waals surface area (Å²) >= 11 is 16.8. The molecule has 0 spiro atoms. The second-order valence-corrected chi connectivity index (χ2v) is 2.73. The van der Waals surface area contributed by atoms with Crippen molar-refractivity contribution >= 4 is 45.8 Å². The van der Waals surface area contributed by atoms with Crippen molar-refractivity contribution in [2.24, 2.45) is 0 Å². The Bertz CT molecular complexity index is 204. The van der Waals surface area contributed by atoms with Gasteiger partial charge in [0.15, 0.2) is 0 Å². The fraction of sp³-hybridized carbons (Fsp3) is 0. The molecule has 0 unspecified atom stereocenters. The molecule has 0 radical (unpaired) electrons. The van der Waals surface area contributed by atoms with E-state index in [1.165, 1.54) is 0 Å². The van der Waals surface area contributed by atoms with Crippen LogP contribution in [0.25, 0.3) is 0 Å². The van der Waals surface area contributed by atoms with E-state index in [2.05, 4.69) is 0 Å². The Balaban J connectivity index is 0.000000810. The van der Waals surface area contributed by atoms with Crippen LogP contribution in [0.15, 0.2) is 18.2 Å². The van der Waals surface area contributed by atoms with Gasteiger partial charge in [0.2, 0.25) is 0 Å². The maximum atomic E-state index is 5.61. The normalized spacial score (nSPS) is 8.70. The third-order valence-electron chi connectivity index (χ3n) is 0.904. The first-order valence-corrected chi connectivity index (χ1v) is 3.44. The van der Waals surface area contributed by atoms with Gasteiger partial charge in [0.1, 0.15) is 0 Å². The standard InChI is InChI=1S/C6H3Cl3.H4Si/c7-4-2-1-3-5(8)6(4)9;/h1-3H;1H4. The molecule has 0 bridgehead atoms. The van der Waals surface area contributed by atoms with Crippen molar-refractivity contribution in [3.05, 3.63) is 33.3 Å². The Kier molecular flexibility index (Phi) is 4.37. The molecule has 4 heteroatoms. The van der Waals surface area contributed by atoms with Crippen molar-refractivity contribution in [3.8, 4) is 0 Å². The Hall–Kier alpha value is 0.307. The zero-order chi connectivity index (χ0) is 6.85. The molecule has 0 nitrogen and oxygen atoms in total. The van der Waals surface area contributed by atoms with Crippen molar-refractivity contribution in [1.82, 2.24) is 0 Å². The highest BCUT2D eigenvalue weighted by Crippen LogP contribution is 2.28. The summed E-state index contributed by atoms with van der Waals surface area (Å²) in [6.45, 7) is 0. The number of hydrogen-bond donors (Lipinski definition) is 0. The minimum atomic E-state index is 0. The van der Waals surface area contributed by atoms with Crippen LogP contribution < -0.4 is 0 Å². The average Bonchev–Trinajstić information content (AvgIpc) is 1.83. The van der Waals surface area contributed by atoms with E-state index >= 15 is 0 Å². The van der Waals surface area contributed by atoms with Gasteiger partial charge in [-0.25, -0.2) is 0 Å². The smallest absolute Gasteiger partial charge is 0.0778 e. The van der Waals surface area contributed by atoms with E-state index in [9.17, 15) is 0 Å². The van der Waals surface area contributed by atoms with Gasteiger partial charge in [0.05, 0.1) is 15.1 Å². The lowest BCUT2D eigenvalue weighted by atomic mass is 10.4. The van der Waals surface area contributed by atoms with Crippen LogP contribution in [0.3, 0.4) is 0 Å². The van der Waals surface area contributed by atoms with E-state index < -0.39 is 0 Å². The molecule has 0 aliphatic heterocycles. The van der Waals surface area contributed by atoms with Gasteiger partial charge in [-0.15, -0.1) is 0 Å². The summed E-state index contributed by atoms with van der Waals surface area (Å²) in [5.74, 6) is 0. The van der Waals surface area contributed by atoms with Gasteiger partial charge in [-0.3, -0.25) is 0 Å². The van der Waals surface area contributed by atoms with E-state index in [4.69, 9.17) is 34.8 Å². The van der Waals surface area contributed by atoms with Crippen LogP contribution in [0.1, 0.15) is 0 Å². The summed E-state index contributed by atoms with van der Waals surface area (Å²) < 4.78 is 0. The minimum absolute atomic E-state index is 0. The molecule has 0 saturated heterocycles. The van der Waals surface area contributed by atoms with Crippen molar-refractivity contribution in [1.29, 1.82) is 0 Å². The molecule has 56 valence electrons. The minimum Gasteiger partial charge on any atom is -0.0827 e. The molecule has 1 aromatic rings. The second-order valence-electron chi connectivity index (χ2n) is 1.54. The molecule has 1 aromatic carbocycles. The molecule has 0 aliphatic carbocycles. The van der Waals surface area contributed by atoms with E-state index in [0.717, 1.165) is 0 Å². The molecule has 0 heterocycles. The maximum Gasteiger partial charge on any atom is 0.0778 e. The summed E-state index contributed by atoms with van der Waals surface area (Å²) in [6.07, 6.45) is 0. The molecule has 0 N–H and O–H groups in total. The SMILES string of the molecule is Clc1cccc(Cl)c1Cl.[SiH4]. The summed E-state index contributed by atoms with van der Waals surface area (Å²) in [5.41, 5.74) is 0. The van der Waals surface area contributed by atoms with Gasteiger partial charge in [-0.05, 0) is 23.1 Å². The Morgan fingerprint density at radius 3 is 1.60 bits per heavy atom. The number of halogens is 3. The number of rotatable bonds is 0. The molecule has 0 atom stereocenters. The third-order valence-corrected chi connectivity index (χ3v) is 2.14. The first-order chi connectivity index (χ1) is 4.22. The van der Waals surface area contributed by atoms with Crippen LogP contribution in [-0.4, -0.2) is 11.0 Å². The molecular weight excluding hydrogens is 207 g/mol.